The number of amides is 4. The fourth-order valence-corrected chi connectivity index (χ4v) is 5.27. The fourth-order valence-electron chi connectivity index (χ4n) is 3.41. The van der Waals surface area contributed by atoms with E-state index in [0.29, 0.717) is 14.0 Å². The zero-order chi connectivity index (χ0) is 26.7. The topological polar surface area (TPSA) is 119 Å². The molecule has 0 aliphatic carbocycles. The number of anilines is 1. The third-order valence-electron chi connectivity index (χ3n) is 5.05. The fraction of sp³-hybridized carbons (Fsp3) is 0.0800. The van der Waals surface area contributed by atoms with Gasteiger partial charge in [0, 0.05) is 0 Å². The molecule has 0 bridgehead atoms. The van der Waals surface area contributed by atoms with Gasteiger partial charge in [0.25, 0.3) is 11.8 Å². The number of nitrogens with one attached hydrogen (secondary N) is 1. The molecule has 1 N–H and O–H groups in total. The van der Waals surface area contributed by atoms with E-state index in [2.05, 4.69) is 5.32 Å². The van der Waals surface area contributed by atoms with Gasteiger partial charge in [-0.15, -0.1) is 0 Å². The van der Waals surface area contributed by atoms with Gasteiger partial charge in [0.15, 0.2) is 11.5 Å². The lowest BCUT2D eigenvalue weighted by molar-refractivity contribution is -0.122. The van der Waals surface area contributed by atoms with Crippen LogP contribution in [0.5, 0.6) is 11.5 Å². The average Bonchev–Trinajstić information content (AvgIpc) is 2.85. The van der Waals surface area contributed by atoms with Gasteiger partial charge in [-0.1, -0.05) is 18.2 Å². The van der Waals surface area contributed by atoms with Gasteiger partial charge in [-0.2, -0.15) is 8.42 Å². The SMILES string of the molecule is CCOc1cc(/C=C2\C(=O)NC(=O)N(c3ccc(F)cc3)C2=O)cc(I)c1OS(=O)(=O)c1ccccc1. The van der Waals surface area contributed by atoms with Crippen LogP contribution < -0.4 is 19.1 Å². The van der Waals surface area contributed by atoms with E-state index < -0.39 is 33.8 Å². The number of hydrogen-bond acceptors (Lipinski definition) is 7. The maximum Gasteiger partial charge on any atom is 0.339 e. The molecule has 3 aromatic carbocycles. The number of carbonyl (C=O) groups excluding carboxylic acids is 3. The van der Waals surface area contributed by atoms with Gasteiger partial charge in [0.1, 0.15) is 16.3 Å². The second-order valence-corrected chi connectivity index (χ2v) is 10.3. The Morgan fingerprint density at radius 3 is 2.35 bits per heavy atom. The number of hydrogen-bond donors (Lipinski definition) is 1. The molecule has 37 heavy (non-hydrogen) atoms. The Kier molecular flexibility index (Phi) is 7.59. The maximum atomic E-state index is 13.3. The lowest BCUT2D eigenvalue weighted by Gasteiger charge is -2.26. The number of benzene rings is 3. The molecular weight excluding hydrogens is 618 g/mol. The highest BCUT2D eigenvalue weighted by Gasteiger charge is 2.37. The molecule has 4 rings (SSSR count). The molecule has 190 valence electrons. The molecule has 12 heteroatoms. The molecule has 0 radical (unpaired) electrons. The van der Waals surface area contributed by atoms with Crippen molar-refractivity contribution < 1.29 is 36.1 Å². The van der Waals surface area contributed by atoms with Crippen LogP contribution in [-0.4, -0.2) is 32.9 Å². The Morgan fingerprint density at radius 2 is 1.70 bits per heavy atom. The Morgan fingerprint density at radius 1 is 1.03 bits per heavy atom. The van der Waals surface area contributed by atoms with Crippen LogP contribution in [0, 0.1) is 9.39 Å². The van der Waals surface area contributed by atoms with E-state index in [1.807, 2.05) is 22.6 Å². The van der Waals surface area contributed by atoms with Crippen LogP contribution in [-0.2, 0) is 19.7 Å². The first-order chi connectivity index (χ1) is 17.6. The highest BCUT2D eigenvalue weighted by atomic mass is 127. The molecule has 0 atom stereocenters. The van der Waals surface area contributed by atoms with Gasteiger partial charge < -0.3 is 8.92 Å². The molecule has 1 aliphatic heterocycles. The van der Waals surface area contributed by atoms with E-state index in [1.54, 1.807) is 25.1 Å². The van der Waals surface area contributed by atoms with Gasteiger partial charge in [0.2, 0.25) is 0 Å². The summed E-state index contributed by atoms with van der Waals surface area (Å²) < 4.78 is 50.1. The van der Waals surface area contributed by atoms with E-state index in [9.17, 15) is 27.2 Å². The zero-order valence-corrected chi connectivity index (χ0v) is 22.1. The predicted octanol–water partition coefficient (Wildman–Crippen LogP) is 4.26. The number of ether oxygens (including phenoxy) is 1. The third-order valence-corrected chi connectivity index (χ3v) is 7.09. The van der Waals surface area contributed by atoms with Crippen molar-refractivity contribution in [3.63, 3.8) is 0 Å². The van der Waals surface area contributed by atoms with Crippen LogP contribution in [0.4, 0.5) is 14.9 Å². The summed E-state index contributed by atoms with van der Waals surface area (Å²) in [5.41, 5.74) is 0.0127. The zero-order valence-electron chi connectivity index (χ0n) is 19.1. The first kappa shape index (κ1) is 26.3. The van der Waals surface area contributed by atoms with Crippen LogP contribution in [0.3, 0.4) is 0 Å². The predicted molar refractivity (Wildman–Crippen MR) is 140 cm³/mol. The van der Waals surface area contributed by atoms with Crippen LogP contribution in [0.2, 0.25) is 0 Å². The van der Waals surface area contributed by atoms with E-state index >= 15 is 0 Å². The number of imide groups is 2. The van der Waals surface area contributed by atoms with Gasteiger partial charge >= 0.3 is 16.1 Å². The van der Waals surface area contributed by atoms with Crippen LogP contribution >= 0.6 is 22.6 Å². The molecule has 0 saturated carbocycles. The molecule has 3 aromatic rings. The maximum absolute atomic E-state index is 13.3. The molecule has 1 saturated heterocycles. The molecule has 0 aromatic heterocycles. The summed E-state index contributed by atoms with van der Waals surface area (Å²) >= 11 is 1.85. The van der Waals surface area contributed by atoms with Gasteiger partial charge in [-0.3, -0.25) is 14.9 Å². The van der Waals surface area contributed by atoms with Gasteiger partial charge in [-0.25, -0.2) is 14.1 Å². The number of carbonyl (C=O) groups is 3. The van der Waals surface area contributed by atoms with Crippen molar-refractivity contribution in [3.8, 4) is 11.5 Å². The van der Waals surface area contributed by atoms with Crippen molar-refractivity contribution in [1.82, 2.24) is 5.32 Å². The molecule has 0 unspecified atom stereocenters. The smallest absolute Gasteiger partial charge is 0.339 e. The Hall–Kier alpha value is -3.78. The average molecular weight is 636 g/mol. The Labute approximate surface area is 225 Å². The number of halogens is 2. The normalized spacial score (nSPS) is 15.1. The summed E-state index contributed by atoms with van der Waals surface area (Å²) in [6, 6.07) is 14.1. The molecule has 4 amide bonds. The summed E-state index contributed by atoms with van der Waals surface area (Å²) in [6.45, 7) is 1.86. The largest absolute Gasteiger partial charge is 0.490 e. The number of rotatable bonds is 7. The second kappa shape index (κ2) is 10.7. The minimum atomic E-state index is -4.17. The lowest BCUT2D eigenvalue weighted by Crippen LogP contribution is -2.54. The summed E-state index contributed by atoms with van der Waals surface area (Å²) in [7, 11) is -4.17. The van der Waals surface area contributed by atoms with Gasteiger partial charge in [-0.05, 0) is 89.7 Å². The Balaban J connectivity index is 1.72. The molecule has 1 aliphatic rings. The number of nitrogens with zero attached hydrogens (tertiary/aromatic N) is 1. The van der Waals surface area contributed by atoms with Crippen molar-refractivity contribution >= 4 is 62.3 Å². The first-order valence-electron chi connectivity index (χ1n) is 10.7. The van der Waals surface area contributed by atoms with Crippen molar-refractivity contribution in [2.75, 3.05) is 11.5 Å². The van der Waals surface area contributed by atoms with E-state index in [4.69, 9.17) is 8.92 Å². The second-order valence-electron chi connectivity index (χ2n) is 7.55. The molecule has 1 heterocycles. The van der Waals surface area contributed by atoms with Crippen LogP contribution in [0.1, 0.15) is 12.5 Å². The van der Waals surface area contributed by atoms with Crippen molar-refractivity contribution in [2.45, 2.75) is 11.8 Å². The molecule has 9 nitrogen and oxygen atoms in total. The minimum absolute atomic E-state index is 0.0468. The number of barbiturate groups is 1. The lowest BCUT2D eigenvalue weighted by atomic mass is 10.1. The van der Waals surface area contributed by atoms with Crippen molar-refractivity contribution in [3.05, 3.63) is 87.3 Å². The van der Waals surface area contributed by atoms with Gasteiger partial charge in [0.05, 0.1) is 15.9 Å². The van der Waals surface area contributed by atoms with Crippen LogP contribution in [0.15, 0.2) is 77.2 Å². The monoisotopic (exact) mass is 636 g/mol. The van der Waals surface area contributed by atoms with E-state index in [0.717, 1.165) is 12.1 Å². The quantitative estimate of drug-likeness (QED) is 0.178. The Bertz CT molecular complexity index is 1520. The highest BCUT2D eigenvalue weighted by Crippen LogP contribution is 2.37. The molecule has 1 fully saturated rings. The summed E-state index contributed by atoms with van der Waals surface area (Å²) in [5, 5.41) is 2.09. The van der Waals surface area contributed by atoms with E-state index in [1.165, 1.54) is 42.5 Å². The summed E-state index contributed by atoms with van der Waals surface area (Å²) in [4.78, 5) is 38.6. The number of urea groups is 1. The minimum Gasteiger partial charge on any atom is -0.490 e. The van der Waals surface area contributed by atoms with Crippen molar-refractivity contribution in [2.24, 2.45) is 0 Å². The highest BCUT2D eigenvalue weighted by molar-refractivity contribution is 14.1. The molecular formula is C25H18FIN2O7S. The summed E-state index contributed by atoms with van der Waals surface area (Å²) in [6.07, 6.45) is 1.24. The standard InChI is InChI=1S/C25H18FIN2O7S/c1-2-35-21-14-15(13-20(27)22(21)36-37(33,34)18-6-4-3-5-7-18)12-19-23(30)28-25(32)29(24(19)31)17-10-8-16(26)9-11-17/h3-14H,2H2,1H3,(H,28,30,32)/b19-12+. The van der Waals surface area contributed by atoms with E-state index in [-0.39, 0.29) is 34.3 Å². The van der Waals surface area contributed by atoms with Crippen LogP contribution in [0.25, 0.3) is 6.08 Å². The first-order valence-corrected chi connectivity index (χ1v) is 13.2. The summed E-state index contributed by atoms with van der Waals surface area (Å²) in [5.74, 6) is -2.39. The third kappa shape index (κ3) is 5.64. The van der Waals surface area contributed by atoms with Crippen molar-refractivity contribution in [1.29, 1.82) is 0 Å². The molecule has 0 spiro atoms.